The Kier molecular flexibility index (Phi) is 42.8. The third kappa shape index (κ3) is 36.3. The molecule has 0 saturated heterocycles. The molecule has 0 heterocycles. The Hall–Kier alpha value is 1.97. The molecule has 0 saturated carbocycles. The fourth-order valence-corrected chi connectivity index (χ4v) is 14.3. The molecule has 3 atom stereocenters. The van der Waals surface area contributed by atoms with Crippen LogP contribution in [0.2, 0.25) is 0 Å². The van der Waals surface area contributed by atoms with Crippen molar-refractivity contribution in [3.8, 4) is 0 Å². The predicted molar refractivity (Wildman–Crippen MR) is 278 cm³/mol. The minimum absolute atomic E-state index is 0. The Morgan fingerprint density at radius 3 is 0.813 bits per heavy atom. The molecule has 408 valence electrons. The van der Waals surface area contributed by atoms with Gasteiger partial charge in [0.05, 0.1) is 0 Å². The van der Waals surface area contributed by atoms with Crippen LogP contribution < -0.4 is 154 Å². The molecule has 0 fully saturated rings. The number of hydrogen-bond acceptors (Lipinski definition) is 12. The molecule has 27 heteroatoms. The Bertz CT molecular complexity index is 2480. The summed E-state index contributed by atoms with van der Waals surface area (Å²) in [5, 5.41) is 0. The molecule has 3 unspecified atom stereocenters. The van der Waals surface area contributed by atoms with E-state index in [2.05, 4.69) is 57.2 Å². The van der Waals surface area contributed by atoms with E-state index in [1.54, 1.807) is 0 Å². The molecule has 3 aromatic rings. The van der Waals surface area contributed by atoms with Crippen LogP contribution in [0.3, 0.4) is 0 Å². The van der Waals surface area contributed by atoms with Crippen molar-refractivity contribution in [2.45, 2.75) is 153 Å². The number of hydrogen-bond donors (Lipinski definition) is 6. The largest absolute Gasteiger partial charge is 1.00 e. The van der Waals surface area contributed by atoms with Crippen LogP contribution in [0.15, 0.2) is 108 Å². The summed E-state index contributed by atoms with van der Waals surface area (Å²) in [4.78, 5) is 47.4. The zero-order valence-corrected chi connectivity index (χ0v) is 59.1. The molecule has 0 aliphatic carbocycles. The van der Waals surface area contributed by atoms with Crippen LogP contribution in [0.25, 0.3) is 0 Å². The first-order chi connectivity index (χ1) is 33.0. The molecule has 0 bridgehead atoms. The maximum atomic E-state index is 11.1. The first-order valence-electron chi connectivity index (χ1n) is 23.1. The van der Waals surface area contributed by atoms with E-state index in [0.29, 0.717) is 19.3 Å². The van der Waals surface area contributed by atoms with Gasteiger partial charge in [0.25, 0.3) is 0 Å². The van der Waals surface area contributed by atoms with Crippen molar-refractivity contribution in [3.63, 3.8) is 0 Å². The average molecular weight is 1240 g/mol. The monoisotopic (exact) mass is 1240 g/mol. The third-order valence-corrected chi connectivity index (χ3v) is 22.2. The Labute approximate surface area is 573 Å². The molecule has 0 amide bonds. The summed E-state index contributed by atoms with van der Waals surface area (Å²) in [6.45, 7) is 12.1. The van der Waals surface area contributed by atoms with E-state index >= 15 is 0 Å². The molecule has 0 aliphatic rings. The van der Waals surface area contributed by atoms with Gasteiger partial charge in [0.1, 0.15) is 30.4 Å². The van der Waals surface area contributed by atoms with Crippen LogP contribution in [0.1, 0.15) is 131 Å². The summed E-state index contributed by atoms with van der Waals surface area (Å²) in [6.07, 6.45) is 12.2. The molecule has 0 spiro atoms. The Balaban J connectivity index is -0.00000102. The fourth-order valence-electron chi connectivity index (χ4n) is 7.34. The third-order valence-electron chi connectivity index (χ3n) is 11.7. The molecule has 3 aromatic carbocycles. The minimum atomic E-state index is -5.01. The van der Waals surface area contributed by atoms with Crippen molar-refractivity contribution in [3.05, 3.63) is 141 Å². The van der Waals surface area contributed by atoms with Crippen molar-refractivity contribution in [1.82, 2.24) is 0 Å². The maximum absolute atomic E-state index is 11.1. The Morgan fingerprint density at radius 1 is 0.440 bits per heavy atom. The van der Waals surface area contributed by atoms with Gasteiger partial charge in [-0.25, -0.2) is 25.3 Å². The van der Waals surface area contributed by atoms with Crippen molar-refractivity contribution >= 4 is 53.1 Å². The predicted octanol–water partition coefficient (Wildman–Crippen LogP) is 0.292. The van der Waals surface area contributed by atoms with Gasteiger partial charge in [-0.15, -0.1) is 0 Å². The van der Waals surface area contributed by atoms with Crippen LogP contribution >= 0.6 is 22.8 Å². The first-order valence-corrected chi connectivity index (χ1v) is 32.6. The minimum Gasteiger partial charge on any atom is -0.747 e. The average Bonchev–Trinajstić information content (AvgIpc) is 3.23. The molecule has 3 rings (SSSR count). The number of rotatable bonds is 27. The van der Waals surface area contributed by atoms with Crippen molar-refractivity contribution in [2.24, 2.45) is 0 Å². The zero-order valence-electron chi connectivity index (χ0n) is 44.6. The van der Waals surface area contributed by atoms with Crippen LogP contribution in [0.5, 0.6) is 0 Å². The molecule has 18 nitrogen and oxygen atoms in total. The van der Waals surface area contributed by atoms with E-state index in [0.717, 1.165) is 55.2 Å². The van der Waals surface area contributed by atoms with Gasteiger partial charge in [-0.2, -0.15) is 0 Å². The number of unbranched alkanes of at least 4 members (excludes halogenated alkanes) is 3. The van der Waals surface area contributed by atoms with Crippen LogP contribution in [0, 0.1) is 20.8 Å². The Morgan fingerprint density at radius 2 is 0.640 bits per heavy atom. The molecule has 0 aromatic heterocycles. The maximum Gasteiger partial charge on any atom is 1.00 e. The van der Waals surface area contributed by atoms with E-state index in [-0.39, 0.29) is 193 Å². The van der Waals surface area contributed by atoms with Gasteiger partial charge in [0.2, 0.25) is 0 Å². The van der Waals surface area contributed by atoms with E-state index < -0.39 is 68.1 Å². The quantitative estimate of drug-likeness (QED) is 0.0196. The molecule has 6 N–H and O–H groups in total. The summed E-state index contributed by atoms with van der Waals surface area (Å²) in [5.41, 5.74) is 10.9. The van der Waals surface area contributed by atoms with Gasteiger partial charge in [0, 0.05) is 0 Å². The van der Waals surface area contributed by atoms with Gasteiger partial charge in [-0.05, 0) is 171 Å². The standard InChI is InChI=1S/3C16H25O6PS.3K/c3*1-13(11-12-15-9-5-4-8-14(15)2)7-3-6-10-16(23(17,18)19)24(20,21)22;;;/h3*4-5,7-9,16H,3,6,10-12H2,1-2H3,(H2,17,18,19)(H,20,21,22);;;/q;;;3*+1/p-3/b3*13-7+;;;. The molecular weight excluding hydrogens is 1170 g/mol. The zero-order chi connectivity index (χ0) is 55.1. The summed E-state index contributed by atoms with van der Waals surface area (Å²) >= 11 is 0. The van der Waals surface area contributed by atoms with Crippen LogP contribution in [-0.4, -0.2) is 83.2 Å². The van der Waals surface area contributed by atoms with Crippen molar-refractivity contribution in [2.75, 3.05) is 0 Å². The van der Waals surface area contributed by atoms with Gasteiger partial charge in [0.15, 0.2) is 15.0 Å². The second-order valence-electron chi connectivity index (χ2n) is 17.8. The van der Waals surface area contributed by atoms with E-state index in [1.807, 2.05) is 75.4 Å². The van der Waals surface area contributed by atoms with Gasteiger partial charge in [-0.3, -0.25) is 13.7 Å². The number of benzene rings is 3. The molecule has 0 aliphatic heterocycles. The van der Waals surface area contributed by atoms with Crippen LogP contribution in [0.4, 0.5) is 0 Å². The van der Waals surface area contributed by atoms with Gasteiger partial charge < -0.3 is 43.0 Å². The summed E-state index contributed by atoms with van der Waals surface area (Å²) < 4.78 is 132. The van der Waals surface area contributed by atoms with Crippen molar-refractivity contribution in [1.29, 1.82) is 0 Å². The van der Waals surface area contributed by atoms with Gasteiger partial charge in [-0.1, -0.05) is 108 Å². The summed E-state index contributed by atoms with van der Waals surface area (Å²) in [5.74, 6) is 0. The van der Waals surface area contributed by atoms with Gasteiger partial charge >= 0.3 is 177 Å². The summed E-state index contributed by atoms with van der Waals surface area (Å²) in [6, 6.07) is 24.3. The van der Waals surface area contributed by atoms with Crippen molar-refractivity contribution < 1.29 is 236 Å². The normalized spacial score (nSPS) is 14.0. The second kappa shape index (κ2) is 39.5. The number of aryl methyl sites for hydroxylation is 6. The summed E-state index contributed by atoms with van der Waals surface area (Å²) in [7, 11) is -29.8. The number of allylic oxidation sites excluding steroid dienone is 6. The molecular formula is C48H72K3O18P3S3. The second-order valence-corrected chi connectivity index (χ2v) is 28.9. The van der Waals surface area contributed by atoms with E-state index in [4.69, 9.17) is 29.4 Å². The SMILES string of the molecule is C/C(=C\CCCC(P(=O)(O)O)S(=O)(=O)[O-])CCc1ccccc1C.C/C(=C\CCCC(P(=O)(O)O)S(=O)(=O)[O-])CCc1ccccc1C.C/C(=C\CCCC(P(=O)(O)O)S(=O)(=O)[O-])CCc1ccccc1C.[K+].[K+].[K+]. The topological polar surface area (TPSA) is 344 Å². The van der Waals surface area contributed by atoms with Crippen LogP contribution in [-0.2, 0) is 63.3 Å². The first kappa shape index (κ1) is 81.2. The molecule has 0 radical (unpaired) electrons. The van der Waals surface area contributed by atoms with E-state index in [1.165, 1.54) is 33.4 Å². The molecule has 75 heavy (non-hydrogen) atoms. The fraction of sp³-hybridized carbons (Fsp3) is 0.500. The van der Waals surface area contributed by atoms with E-state index in [9.17, 15) is 52.6 Å². The smallest absolute Gasteiger partial charge is 0.747 e.